The SMILES string of the molecule is [CH2]CCCCCCCC([CH2])(C)C. The van der Waals surface area contributed by atoms with Gasteiger partial charge in [-0.1, -0.05) is 59.3 Å². The topological polar surface area (TPSA) is 0 Å². The van der Waals surface area contributed by atoms with Crippen molar-refractivity contribution in [1.82, 2.24) is 0 Å². The van der Waals surface area contributed by atoms with Gasteiger partial charge in [0.05, 0.1) is 0 Å². The summed E-state index contributed by atoms with van der Waals surface area (Å²) in [5.74, 6) is 0. The van der Waals surface area contributed by atoms with Gasteiger partial charge in [0, 0.05) is 0 Å². The van der Waals surface area contributed by atoms with Gasteiger partial charge in [-0.15, -0.1) is 0 Å². The third-order valence-corrected chi connectivity index (χ3v) is 2.10. The van der Waals surface area contributed by atoms with Gasteiger partial charge in [-0.3, -0.25) is 0 Å². The van der Waals surface area contributed by atoms with Crippen molar-refractivity contribution in [3.05, 3.63) is 13.8 Å². The predicted octanol–water partition coefficient (Wildman–Crippen LogP) is 4.41. The van der Waals surface area contributed by atoms with E-state index < -0.39 is 0 Å². The monoisotopic (exact) mass is 168 g/mol. The van der Waals surface area contributed by atoms with Crippen molar-refractivity contribution >= 4 is 0 Å². The fourth-order valence-corrected chi connectivity index (χ4v) is 1.31. The number of hydrogen-bond acceptors (Lipinski definition) is 0. The zero-order valence-corrected chi connectivity index (χ0v) is 8.86. The third kappa shape index (κ3) is 10.0. The predicted molar refractivity (Wildman–Crippen MR) is 56.8 cm³/mol. The Morgan fingerprint density at radius 3 is 1.92 bits per heavy atom. The van der Waals surface area contributed by atoms with Gasteiger partial charge in [-0.2, -0.15) is 0 Å². The molecule has 0 aliphatic heterocycles. The largest absolute Gasteiger partial charge is 0.0599 e. The Morgan fingerprint density at radius 1 is 0.917 bits per heavy atom. The Hall–Kier alpha value is 0. The van der Waals surface area contributed by atoms with E-state index in [0.717, 1.165) is 6.42 Å². The molecule has 0 N–H and O–H groups in total. The van der Waals surface area contributed by atoms with Gasteiger partial charge in [-0.25, -0.2) is 0 Å². The molecule has 0 aromatic rings. The second-order valence-electron chi connectivity index (χ2n) is 4.54. The van der Waals surface area contributed by atoms with Crippen LogP contribution in [0.4, 0.5) is 0 Å². The van der Waals surface area contributed by atoms with Crippen molar-refractivity contribution < 1.29 is 0 Å². The average molecular weight is 168 g/mol. The molecule has 0 nitrogen and oxygen atoms in total. The normalized spacial score (nSPS) is 12.0. The smallest absolute Gasteiger partial charge is 0.0354 e. The molecule has 0 heterocycles. The van der Waals surface area contributed by atoms with Crippen molar-refractivity contribution in [2.45, 2.75) is 58.8 Å². The minimum Gasteiger partial charge on any atom is -0.0599 e. The maximum absolute atomic E-state index is 4.09. The molecule has 0 fully saturated rings. The Bertz CT molecular complexity index is 86.7. The molecule has 0 aliphatic rings. The van der Waals surface area contributed by atoms with Gasteiger partial charge in [-0.05, 0) is 18.8 Å². The van der Waals surface area contributed by atoms with E-state index in [2.05, 4.69) is 27.7 Å². The minimum absolute atomic E-state index is 0.284. The number of rotatable bonds is 7. The summed E-state index contributed by atoms with van der Waals surface area (Å²) in [7, 11) is 0. The van der Waals surface area contributed by atoms with E-state index in [-0.39, 0.29) is 5.41 Å². The Labute approximate surface area is 78.8 Å². The molecule has 0 aliphatic carbocycles. The summed E-state index contributed by atoms with van der Waals surface area (Å²) in [5.41, 5.74) is 0.284. The minimum atomic E-state index is 0.284. The van der Waals surface area contributed by atoms with Crippen LogP contribution in [0.5, 0.6) is 0 Å². The highest BCUT2D eigenvalue weighted by Gasteiger charge is 2.08. The third-order valence-electron chi connectivity index (χ3n) is 2.10. The van der Waals surface area contributed by atoms with E-state index in [4.69, 9.17) is 0 Å². The van der Waals surface area contributed by atoms with E-state index in [1.165, 1.54) is 38.5 Å². The van der Waals surface area contributed by atoms with Crippen molar-refractivity contribution in [3.63, 3.8) is 0 Å². The first-order valence-corrected chi connectivity index (χ1v) is 5.21. The van der Waals surface area contributed by atoms with Gasteiger partial charge >= 0.3 is 0 Å². The van der Waals surface area contributed by atoms with E-state index in [0.29, 0.717) is 0 Å². The molecular weight excluding hydrogens is 144 g/mol. The van der Waals surface area contributed by atoms with Gasteiger partial charge in [0.2, 0.25) is 0 Å². The van der Waals surface area contributed by atoms with Crippen molar-refractivity contribution in [2.24, 2.45) is 5.41 Å². The molecule has 12 heavy (non-hydrogen) atoms. The molecule has 0 bridgehead atoms. The van der Waals surface area contributed by atoms with Crippen LogP contribution in [0.2, 0.25) is 0 Å². The molecule has 0 amide bonds. The second kappa shape index (κ2) is 6.51. The first-order valence-electron chi connectivity index (χ1n) is 5.21. The van der Waals surface area contributed by atoms with Gasteiger partial charge < -0.3 is 0 Å². The van der Waals surface area contributed by atoms with Crippen molar-refractivity contribution in [1.29, 1.82) is 0 Å². The summed E-state index contributed by atoms with van der Waals surface area (Å²) in [6.07, 6.45) is 9.12. The van der Waals surface area contributed by atoms with Crippen LogP contribution in [-0.4, -0.2) is 0 Å². The highest BCUT2D eigenvalue weighted by molar-refractivity contribution is 4.69. The summed E-state index contributed by atoms with van der Waals surface area (Å²) in [6, 6.07) is 0. The highest BCUT2D eigenvalue weighted by atomic mass is 14.1. The molecule has 0 saturated heterocycles. The van der Waals surface area contributed by atoms with Crippen LogP contribution < -0.4 is 0 Å². The van der Waals surface area contributed by atoms with Crippen LogP contribution in [0.25, 0.3) is 0 Å². The van der Waals surface area contributed by atoms with Crippen LogP contribution >= 0.6 is 0 Å². The first-order chi connectivity index (χ1) is 5.56. The van der Waals surface area contributed by atoms with Crippen LogP contribution in [0.3, 0.4) is 0 Å². The molecular formula is C12H24. The lowest BCUT2D eigenvalue weighted by Gasteiger charge is -2.17. The van der Waals surface area contributed by atoms with E-state index in [9.17, 15) is 0 Å². The van der Waals surface area contributed by atoms with Crippen molar-refractivity contribution in [2.75, 3.05) is 0 Å². The quantitative estimate of drug-likeness (QED) is 0.494. The molecule has 0 saturated carbocycles. The van der Waals surface area contributed by atoms with Crippen LogP contribution in [0.1, 0.15) is 58.8 Å². The fourth-order valence-electron chi connectivity index (χ4n) is 1.31. The lowest BCUT2D eigenvalue weighted by molar-refractivity contribution is 0.404. The van der Waals surface area contributed by atoms with E-state index in [1.807, 2.05) is 0 Å². The zero-order valence-electron chi connectivity index (χ0n) is 8.86. The summed E-state index contributed by atoms with van der Waals surface area (Å²) in [4.78, 5) is 0. The lowest BCUT2D eigenvalue weighted by Crippen LogP contribution is -2.04. The molecule has 0 aromatic carbocycles. The molecule has 0 atom stereocenters. The number of unbranched alkanes of at least 4 members (excludes halogenated alkanes) is 5. The highest BCUT2D eigenvalue weighted by Crippen LogP contribution is 2.21. The number of hydrogen-bond donors (Lipinski definition) is 0. The van der Waals surface area contributed by atoms with E-state index in [1.54, 1.807) is 0 Å². The standard InChI is InChI=1S/C12H24/c1-5-6-7-8-9-10-11-12(2,3)4/h1-2,5-11H2,3-4H3. The average Bonchev–Trinajstić information content (AvgIpc) is 1.94. The molecule has 0 spiro atoms. The Morgan fingerprint density at radius 2 is 1.42 bits per heavy atom. The first kappa shape index (κ1) is 12.0. The van der Waals surface area contributed by atoms with E-state index >= 15 is 0 Å². The lowest BCUT2D eigenvalue weighted by atomic mass is 9.89. The van der Waals surface area contributed by atoms with Gasteiger partial charge in [0.1, 0.15) is 0 Å². The summed E-state index contributed by atoms with van der Waals surface area (Å²) >= 11 is 0. The van der Waals surface area contributed by atoms with Gasteiger partial charge in [0.25, 0.3) is 0 Å². The van der Waals surface area contributed by atoms with Crippen LogP contribution in [0, 0.1) is 19.3 Å². The maximum Gasteiger partial charge on any atom is -0.0354 e. The summed E-state index contributed by atoms with van der Waals surface area (Å²) in [5, 5.41) is 0. The second-order valence-corrected chi connectivity index (χ2v) is 4.54. The Kier molecular flexibility index (Phi) is 6.51. The molecule has 72 valence electrons. The summed E-state index contributed by atoms with van der Waals surface area (Å²) in [6.45, 7) is 12.3. The molecule has 0 aromatic heterocycles. The molecule has 0 rings (SSSR count). The molecule has 2 radical (unpaired) electrons. The van der Waals surface area contributed by atoms with Crippen LogP contribution in [0.15, 0.2) is 0 Å². The van der Waals surface area contributed by atoms with Gasteiger partial charge in [0.15, 0.2) is 0 Å². The van der Waals surface area contributed by atoms with Crippen molar-refractivity contribution in [3.8, 4) is 0 Å². The fraction of sp³-hybridized carbons (Fsp3) is 0.833. The maximum atomic E-state index is 4.09. The summed E-state index contributed by atoms with van der Waals surface area (Å²) < 4.78 is 0. The molecule has 0 unspecified atom stereocenters. The molecule has 0 heteroatoms. The van der Waals surface area contributed by atoms with Crippen LogP contribution in [-0.2, 0) is 0 Å². The Balaban J connectivity index is 3.01. The zero-order chi connectivity index (χ0) is 9.45.